The molecule has 0 radical (unpaired) electrons. The van der Waals surface area contributed by atoms with Crippen molar-refractivity contribution in [2.45, 2.75) is 58.9 Å². The molecule has 1 rings (SSSR count). The predicted octanol–water partition coefficient (Wildman–Crippen LogP) is 4.15. The van der Waals surface area contributed by atoms with Gasteiger partial charge in [0.25, 0.3) is 0 Å². The van der Waals surface area contributed by atoms with Gasteiger partial charge in [0.05, 0.1) is 0 Å². The van der Waals surface area contributed by atoms with Gasteiger partial charge in [0, 0.05) is 18.5 Å². The van der Waals surface area contributed by atoms with E-state index in [0.29, 0.717) is 5.92 Å². The predicted molar refractivity (Wildman–Crippen MR) is 73.2 cm³/mol. The van der Waals surface area contributed by atoms with E-state index in [0.717, 1.165) is 17.8 Å². The zero-order valence-electron chi connectivity index (χ0n) is 11.2. The summed E-state index contributed by atoms with van der Waals surface area (Å²) < 4.78 is 0. The standard InChI is InChI=1S/C14H28ClN/c1-12(2)8-9-16(11-13(3)10-15)14-6-4-5-7-14/h12-14H,4-11H2,1-3H3. The summed E-state index contributed by atoms with van der Waals surface area (Å²) in [6.07, 6.45) is 7.00. The highest BCUT2D eigenvalue weighted by molar-refractivity contribution is 6.18. The van der Waals surface area contributed by atoms with Crippen LogP contribution in [-0.4, -0.2) is 29.9 Å². The zero-order valence-corrected chi connectivity index (χ0v) is 12.0. The highest BCUT2D eigenvalue weighted by Gasteiger charge is 2.23. The van der Waals surface area contributed by atoms with Crippen LogP contribution in [0.1, 0.15) is 52.9 Å². The highest BCUT2D eigenvalue weighted by Crippen LogP contribution is 2.25. The molecule has 0 aromatic rings. The fourth-order valence-corrected chi connectivity index (χ4v) is 2.66. The maximum atomic E-state index is 5.94. The summed E-state index contributed by atoms with van der Waals surface area (Å²) in [6, 6.07) is 0.851. The third-order valence-corrected chi connectivity index (χ3v) is 4.17. The Balaban J connectivity index is 2.40. The van der Waals surface area contributed by atoms with Crippen molar-refractivity contribution in [2.75, 3.05) is 19.0 Å². The summed E-state index contributed by atoms with van der Waals surface area (Å²) in [4.78, 5) is 2.71. The van der Waals surface area contributed by atoms with E-state index >= 15 is 0 Å². The summed E-state index contributed by atoms with van der Waals surface area (Å²) in [7, 11) is 0. The minimum absolute atomic E-state index is 0.634. The summed E-state index contributed by atoms with van der Waals surface area (Å²) in [6.45, 7) is 9.37. The van der Waals surface area contributed by atoms with Gasteiger partial charge >= 0.3 is 0 Å². The molecule has 16 heavy (non-hydrogen) atoms. The molecule has 96 valence electrons. The van der Waals surface area contributed by atoms with Crippen molar-refractivity contribution in [1.29, 1.82) is 0 Å². The van der Waals surface area contributed by atoms with Crippen molar-refractivity contribution < 1.29 is 0 Å². The van der Waals surface area contributed by atoms with Crippen LogP contribution in [0.5, 0.6) is 0 Å². The molecule has 0 heterocycles. The molecule has 0 saturated heterocycles. The van der Waals surface area contributed by atoms with Crippen molar-refractivity contribution in [3.8, 4) is 0 Å². The van der Waals surface area contributed by atoms with Gasteiger partial charge in [-0.2, -0.15) is 0 Å². The topological polar surface area (TPSA) is 3.24 Å². The minimum atomic E-state index is 0.634. The van der Waals surface area contributed by atoms with Crippen LogP contribution in [0.2, 0.25) is 0 Å². The lowest BCUT2D eigenvalue weighted by atomic mass is 10.1. The van der Waals surface area contributed by atoms with Crippen LogP contribution >= 0.6 is 11.6 Å². The summed E-state index contributed by atoms with van der Waals surface area (Å²) in [5, 5.41) is 0. The molecule has 2 heteroatoms. The Hall–Kier alpha value is 0.250. The number of nitrogens with zero attached hydrogens (tertiary/aromatic N) is 1. The molecule has 0 spiro atoms. The number of halogens is 1. The van der Waals surface area contributed by atoms with Gasteiger partial charge in [0.1, 0.15) is 0 Å². The average molecular weight is 246 g/mol. The van der Waals surface area contributed by atoms with Crippen molar-refractivity contribution in [1.82, 2.24) is 4.90 Å². The molecule has 0 aliphatic heterocycles. The number of hydrogen-bond acceptors (Lipinski definition) is 1. The first-order valence-electron chi connectivity index (χ1n) is 6.93. The Morgan fingerprint density at radius 2 is 1.81 bits per heavy atom. The van der Waals surface area contributed by atoms with Crippen molar-refractivity contribution in [3.63, 3.8) is 0 Å². The van der Waals surface area contributed by atoms with Crippen LogP contribution in [0.25, 0.3) is 0 Å². The quantitative estimate of drug-likeness (QED) is 0.609. The Labute approximate surface area is 107 Å². The van der Waals surface area contributed by atoms with E-state index in [1.54, 1.807) is 0 Å². The lowest BCUT2D eigenvalue weighted by molar-refractivity contribution is 0.169. The molecule has 1 aliphatic rings. The van der Waals surface area contributed by atoms with Gasteiger partial charge in [-0.3, -0.25) is 0 Å². The Bertz CT molecular complexity index is 176. The minimum Gasteiger partial charge on any atom is -0.300 e. The van der Waals surface area contributed by atoms with E-state index in [1.165, 1.54) is 45.2 Å². The molecule has 0 aromatic heterocycles. The molecular formula is C14H28ClN. The summed E-state index contributed by atoms with van der Waals surface area (Å²) in [5.41, 5.74) is 0. The maximum absolute atomic E-state index is 5.94. The summed E-state index contributed by atoms with van der Waals surface area (Å²) >= 11 is 5.94. The van der Waals surface area contributed by atoms with Gasteiger partial charge in [-0.25, -0.2) is 0 Å². The van der Waals surface area contributed by atoms with Gasteiger partial charge < -0.3 is 4.90 Å². The second kappa shape index (κ2) is 7.55. The van der Waals surface area contributed by atoms with E-state index < -0.39 is 0 Å². The van der Waals surface area contributed by atoms with Crippen LogP contribution in [-0.2, 0) is 0 Å². The number of rotatable bonds is 7. The fourth-order valence-electron chi connectivity index (χ4n) is 2.57. The Kier molecular flexibility index (Phi) is 6.75. The number of alkyl halides is 1. The Morgan fingerprint density at radius 3 is 2.31 bits per heavy atom. The van der Waals surface area contributed by atoms with Gasteiger partial charge in [-0.15, -0.1) is 11.6 Å². The SMILES string of the molecule is CC(C)CCN(CC(C)CCl)C1CCCC1. The van der Waals surface area contributed by atoms with Gasteiger partial charge in [-0.1, -0.05) is 33.6 Å². The highest BCUT2D eigenvalue weighted by atomic mass is 35.5. The molecule has 1 aliphatic carbocycles. The third-order valence-electron chi connectivity index (χ3n) is 3.64. The molecule has 1 atom stereocenters. The van der Waals surface area contributed by atoms with Gasteiger partial charge in [-0.05, 0) is 37.6 Å². The molecule has 1 saturated carbocycles. The third kappa shape index (κ3) is 5.05. The van der Waals surface area contributed by atoms with Crippen LogP contribution < -0.4 is 0 Å². The van der Waals surface area contributed by atoms with E-state index in [2.05, 4.69) is 25.7 Å². The van der Waals surface area contributed by atoms with Crippen LogP contribution in [0, 0.1) is 11.8 Å². The van der Waals surface area contributed by atoms with Gasteiger partial charge in [0.15, 0.2) is 0 Å². The van der Waals surface area contributed by atoms with Crippen molar-refractivity contribution in [2.24, 2.45) is 11.8 Å². The fraction of sp³-hybridized carbons (Fsp3) is 1.00. The lowest BCUT2D eigenvalue weighted by Gasteiger charge is -2.31. The molecule has 0 bridgehead atoms. The molecular weight excluding hydrogens is 218 g/mol. The van der Waals surface area contributed by atoms with Gasteiger partial charge in [0.2, 0.25) is 0 Å². The van der Waals surface area contributed by atoms with E-state index in [-0.39, 0.29) is 0 Å². The maximum Gasteiger partial charge on any atom is 0.0261 e. The van der Waals surface area contributed by atoms with Crippen molar-refractivity contribution >= 4 is 11.6 Å². The van der Waals surface area contributed by atoms with Crippen LogP contribution in [0.15, 0.2) is 0 Å². The first-order valence-corrected chi connectivity index (χ1v) is 7.47. The second-order valence-electron chi connectivity index (χ2n) is 5.88. The lowest BCUT2D eigenvalue weighted by Crippen LogP contribution is -2.38. The molecule has 1 nitrogen and oxygen atoms in total. The number of hydrogen-bond donors (Lipinski definition) is 0. The van der Waals surface area contributed by atoms with E-state index in [4.69, 9.17) is 11.6 Å². The second-order valence-corrected chi connectivity index (χ2v) is 6.18. The first-order chi connectivity index (χ1) is 7.63. The largest absolute Gasteiger partial charge is 0.300 e. The van der Waals surface area contributed by atoms with E-state index in [1.807, 2.05) is 0 Å². The zero-order chi connectivity index (χ0) is 12.0. The molecule has 0 N–H and O–H groups in total. The summed E-state index contributed by atoms with van der Waals surface area (Å²) in [5.74, 6) is 2.25. The molecule has 1 fully saturated rings. The first kappa shape index (κ1) is 14.3. The van der Waals surface area contributed by atoms with E-state index in [9.17, 15) is 0 Å². The molecule has 0 aromatic carbocycles. The van der Waals surface area contributed by atoms with Crippen LogP contribution in [0.4, 0.5) is 0 Å². The monoisotopic (exact) mass is 245 g/mol. The molecule has 0 amide bonds. The smallest absolute Gasteiger partial charge is 0.0261 e. The normalized spacial score (nSPS) is 19.9. The Morgan fingerprint density at radius 1 is 1.19 bits per heavy atom. The van der Waals surface area contributed by atoms with Crippen molar-refractivity contribution in [3.05, 3.63) is 0 Å². The van der Waals surface area contributed by atoms with Crippen LogP contribution in [0.3, 0.4) is 0 Å². The molecule has 1 unspecified atom stereocenters. The average Bonchev–Trinajstić information content (AvgIpc) is 2.76.